The Morgan fingerprint density at radius 3 is 2.62 bits per heavy atom. The second-order valence-corrected chi connectivity index (χ2v) is 8.90. The van der Waals surface area contributed by atoms with Crippen LogP contribution in [-0.2, 0) is 4.84 Å². The van der Waals surface area contributed by atoms with E-state index in [1.54, 1.807) is 13.4 Å². The van der Waals surface area contributed by atoms with Gasteiger partial charge in [-0.3, -0.25) is 4.84 Å². The summed E-state index contributed by atoms with van der Waals surface area (Å²) < 4.78 is 5.68. The van der Waals surface area contributed by atoms with Crippen molar-refractivity contribution < 1.29 is 9.57 Å². The van der Waals surface area contributed by atoms with E-state index >= 15 is 0 Å². The molecule has 3 aromatic rings. The maximum Gasteiger partial charge on any atom is 0.158 e. The Bertz CT molecular complexity index is 1090. The van der Waals surface area contributed by atoms with E-state index in [-0.39, 0.29) is 6.04 Å². The van der Waals surface area contributed by atoms with E-state index in [4.69, 9.17) is 9.57 Å². The number of rotatable bonds is 7. The van der Waals surface area contributed by atoms with Crippen LogP contribution in [0.5, 0.6) is 5.75 Å². The topological polar surface area (TPSA) is 74.8 Å². The van der Waals surface area contributed by atoms with Gasteiger partial charge in [-0.25, -0.2) is 15.0 Å². The van der Waals surface area contributed by atoms with Gasteiger partial charge in [0.15, 0.2) is 5.82 Å². The number of anilines is 4. The van der Waals surface area contributed by atoms with Crippen molar-refractivity contribution in [3.05, 3.63) is 66.5 Å². The molecule has 34 heavy (non-hydrogen) atoms. The SMILES string of the molecule is COc1cc(NC2CCN(C)CC2)ccc1Nc1cc(N2OCC[C@@H]2c2ccccc2)ncn1. The summed E-state index contributed by atoms with van der Waals surface area (Å²) >= 11 is 0. The molecule has 2 saturated heterocycles. The van der Waals surface area contributed by atoms with Crippen LogP contribution in [0.3, 0.4) is 0 Å². The summed E-state index contributed by atoms with van der Waals surface area (Å²) in [7, 11) is 3.86. The van der Waals surface area contributed by atoms with Crippen molar-refractivity contribution in [3.63, 3.8) is 0 Å². The highest BCUT2D eigenvalue weighted by Gasteiger charge is 2.29. The van der Waals surface area contributed by atoms with Gasteiger partial charge in [-0.05, 0) is 50.7 Å². The number of hydroxylamine groups is 1. The lowest BCUT2D eigenvalue weighted by Crippen LogP contribution is -2.36. The monoisotopic (exact) mass is 460 g/mol. The van der Waals surface area contributed by atoms with Crippen molar-refractivity contribution >= 4 is 23.0 Å². The van der Waals surface area contributed by atoms with Crippen LogP contribution >= 0.6 is 0 Å². The second kappa shape index (κ2) is 10.3. The summed E-state index contributed by atoms with van der Waals surface area (Å²) in [4.78, 5) is 17.2. The molecular formula is C26H32N6O2. The Morgan fingerprint density at radius 1 is 1.00 bits per heavy atom. The smallest absolute Gasteiger partial charge is 0.158 e. The third-order valence-electron chi connectivity index (χ3n) is 6.52. The van der Waals surface area contributed by atoms with Crippen LogP contribution in [0.25, 0.3) is 0 Å². The van der Waals surface area contributed by atoms with Crippen molar-refractivity contribution in [3.8, 4) is 5.75 Å². The first-order chi connectivity index (χ1) is 16.7. The first kappa shape index (κ1) is 22.4. The number of nitrogens with zero attached hydrogens (tertiary/aromatic N) is 4. The van der Waals surface area contributed by atoms with Gasteiger partial charge in [0.25, 0.3) is 0 Å². The van der Waals surface area contributed by atoms with Crippen LogP contribution in [0.1, 0.15) is 30.9 Å². The lowest BCUT2D eigenvalue weighted by molar-refractivity contribution is 0.157. The fourth-order valence-electron chi connectivity index (χ4n) is 4.62. The molecule has 0 bridgehead atoms. The maximum absolute atomic E-state index is 5.93. The van der Waals surface area contributed by atoms with E-state index < -0.39 is 0 Å². The van der Waals surface area contributed by atoms with E-state index in [0.717, 1.165) is 55.3 Å². The van der Waals surface area contributed by atoms with Gasteiger partial charge in [0, 0.05) is 30.3 Å². The lowest BCUT2D eigenvalue weighted by Gasteiger charge is -2.30. The number of likely N-dealkylation sites (tertiary alicyclic amines) is 1. The van der Waals surface area contributed by atoms with Gasteiger partial charge >= 0.3 is 0 Å². The molecule has 2 aliphatic rings. The molecule has 5 rings (SSSR count). The molecule has 2 aliphatic heterocycles. The minimum Gasteiger partial charge on any atom is -0.494 e. The third kappa shape index (κ3) is 5.08. The highest BCUT2D eigenvalue weighted by atomic mass is 16.7. The van der Waals surface area contributed by atoms with Gasteiger partial charge < -0.3 is 20.3 Å². The van der Waals surface area contributed by atoms with E-state index in [0.29, 0.717) is 18.5 Å². The number of piperidine rings is 1. The summed E-state index contributed by atoms with van der Waals surface area (Å²) in [5, 5.41) is 8.92. The number of aromatic nitrogens is 2. The normalized spacial score (nSPS) is 19.2. The molecule has 0 amide bonds. The molecule has 3 heterocycles. The summed E-state index contributed by atoms with van der Waals surface area (Å²) in [5.74, 6) is 2.17. The summed E-state index contributed by atoms with van der Waals surface area (Å²) in [6.07, 6.45) is 4.76. The molecule has 0 saturated carbocycles. The van der Waals surface area contributed by atoms with Crippen molar-refractivity contribution in [1.29, 1.82) is 0 Å². The van der Waals surface area contributed by atoms with Crippen molar-refractivity contribution in [2.24, 2.45) is 0 Å². The number of methoxy groups -OCH3 is 1. The van der Waals surface area contributed by atoms with Crippen molar-refractivity contribution in [2.75, 3.05) is 49.6 Å². The average Bonchev–Trinajstić information content (AvgIpc) is 3.37. The Balaban J connectivity index is 1.30. The van der Waals surface area contributed by atoms with Gasteiger partial charge in [0.1, 0.15) is 17.9 Å². The average molecular weight is 461 g/mol. The molecule has 8 nitrogen and oxygen atoms in total. The first-order valence-corrected chi connectivity index (χ1v) is 11.9. The predicted molar refractivity (Wildman–Crippen MR) is 135 cm³/mol. The second-order valence-electron chi connectivity index (χ2n) is 8.90. The fourth-order valence-corrected chi connectivity index (χ4v) is 4.62. The molecule has 8 heteroatoms. The molecule has 2 fully saturated rings. The number of hydrogen-bond donors (Lipinski definition) is 2. The van der Waals surface area contributed by atoms with Gasteiger partial charge in [-0.15, -0.1) is 0 Å². The standard InChI is InChI=1S/C26H32N6O2/c1-31-13-10-20(11-14-31)29-21-8-9-22(24(16-21)33-2)30-25-17-26(28-18-27-25)32-23(12-15-34-32)19-6-4-3-5-7-19/h3-9,16-18,20,23,29H,10-15H2,1-2H3,(H,27,28,30)/t23-/m1/s1. The largest absolute Gasteiger partial charge is 0.494 e. The number of ether oxygens (including phenoxy) is 1. The van der Waals surface area contributed by atoms with E-state index in [1.807, 2.05) is 29.3 Å². The van der Waals surface area contributed by atoms with Crippen LogP contribution in [0, 0.1) is 0 Å². The number of hydrogen-bond acceptors (Lipinski definition) is 8. The Morgan fingerprint density at radius 2 is 1.82 bits per heavy atom. The first-order valence-electron chi connectivity index (χ1n) is 11.9. The Kier molecular flexibility index (Phi) is 6.78. The molecule has 2 aromatic carbocycles. The molecule has 178 valence electrons. The van der Waals surface area contributed by atoms with Gasteiger partial charge in [0.05, 0.1) is 25.4 Å². The molecule has 0 aliphatic carbocycles. The van der Waals surface area contributed by atoms with Crippen LogP contribution in [-0.4, -0.2) is 54.8 Å². The number of benzene rings is 2. The molecule has 1 aromatic heterocycles. The molecule has 0 spiro atoms. The summed E-state index contributed by atoms with van der Waals surface area (Å²) in [6.45, 7) is 2.90. The van der Waals surface area contributed by atoms with Gasteiger partial charge in [0.2, 0.25) is 0 Å². The van der Waals surface area contributed by atoms with Crippen LogP contribution in [0.2, 0.25) is 0 Å². The predicted octanol–water partition coefficient (Wildman–Crippen LogP) is 4.62. The van der Waals surface area contributed by atoms with Crippen LogP contribution in [0.4, 0.5) is 23.0 Å². The molecule has 0 radical (unpaired) electrons. The van der Waals surface area contributed by atoms with E-state index in [2.05, 4.69) is 62.9 Å². The number of nitrogens with one attached hydrogen (secondary N) is 2. The minimum absolute atomic E-state index is 0.128. The Hall–Kier alpha value is -3.36. The zero-order valence-corrected chi connectivity index (χ0v) is 19.8. The zero-order valence-electron chi connectivity index (χ0n) is 19.8. The van der Waals surface area contributed by atoms with Crippen LogP contribution in [0.15, 0.2) is 60.9 Å². The van der Waals surface area contributed by atoms with Gasteiger partial charge in [-0.2, -0.15) is 0 Å². The van der Waals surface area contributed by atoms with E-state index in [9.17, 15) is 0 Å². The summed E-state index contributed by atoms with van der Waals surface area (Å²) in [6, 6.07) is 19.0. The van der Waals surface area contributed by atoms with Gasteiger partial charge in [-0.1, -0.05) is 30.3 Å². The molecule has 2 N–H and O–H groups in total. The third-order valence-corrected chi connectivity index (χ3v) is 6.52. The Labute approximate surface area is 200 Å². The van der Waals surface area contributed by atoms with Crippen LogP contribution < -0.4 is 20.4 Å². The maximum atomic E-state index is 5.93. The van der Waals surface area contributed by atoms with E-state index in [1.165, 1.54) is 5.56 Å². The fraction of sp³-hybridized carbons (Fsp3) is 0.385. The highest BCUT2D eigenvalue weighted by Crippen LogP contribution is 2.35. The molecular weight excluding hydrogens is 428 g/mol. The molecule has 1 atom stereocenters. The quantitative estimate of drug-likeness (QED) is 0.529. The van der Waals surface area contributed by atoms with Crippen molar-refractivity contribution in [1.82, 2.24) is 14.9 Å². The minimum atomic E-state index is 0.128. The summed E-state index contributed by atoms with van der Waals surface area (Å²) in [5.41, 5.74) is 3.13. The lowest BCUT2D eigenvalue weighted by atomic mass is 10.0. The van der Waals surface area contributed by atoms with Crippen molar-refractivity contribution in [2.45, 2.75) is 31.3 Å². The zero-order chi connectivity index (χ0) is 23.3. The highest BCUT2D eigenvalue weighted by molar-refractivity contribution is 5.69. The molecule has 0 unspecified atom stereocenters.